The molecular weight excluding hydrogens is 465 g/mol. The van der Waals surface area contributed by atoms with Crippen LogP contribution in [0.2, 0.25) is 0 Å². The van der Waals surface area contributed by atoms with Crippen molar-refractivity contribution in [2.75, 3.05) is 18.4 Å². The Morgan fingerprint density at radius 1 is 1.03 bits per heavy atom. The van der Waals surface area contributed by atoms with E-state index < -0.39 is 56.0 Å². The van der Waals surface area contributed by atoms with Crippen LogP contribution in [0.1, 0.15) is 57.6 Å². The normalized spacial score (nSPS) is 15.8. The average Bonchev–Trinajstić information content (AvgIpc) is 2.77. The molecule has 0 spiro atoms. The smallest absolute Gasteiger partial charge is 0.227 e. The van der Waals surface area contributed by atoms with Crippen molar-refractivity contribution in [3.8, 4) is 0 Å². The third kappa shape index (κ3) is 5.63. The minimum Gasteiger partial charge on any atom is -0.321 e. The minimum atomic E-state index is -3.33. The maximum atomic E-state index is 15.1. The van der Waals surface area contributed by atoms with Crippen LogP contribution >= 0.6 is 0 Å². The predicted octanol–water partition coefficient (Wildman–Crippen LogP) is 5.26. The van der Waals surface area contributed by atoms with E-state index in [9.17, 15) is 22.0 Å². The molecule has 1 saturated heterocycles. The van der Waals surface area contributed by atoms with Crippen molar-refractivity contribution < 1.29 is 26.4 Å². The second-order valence-electron chi connectivity index (χ2n) is 9.37. The van der Waals surface area contributed by atoms with E-state index in [2.05, 4.69) is 10.2 Å². The van der Waals surface area contributed by atoms with E-state index in [-0.39, 0.29) is 10.5 Å². The molecule has 0 aliphatic carbocycles. The molecule has 1 aliphatic heterocycles. The lowest BCUT2D eigenvalue weighted by Crippen LogP contribution is -2.33. The third-order valence-corrected chi connectivity index (χ3v) is 8.42. The first-order valence-corrected chi connectivity index (χ1v) is 13.0. The maximum Gasteiger partial charge on any atom is 0.227 e. The van der Waals surface area contributed by atoms with Crippen molar-refractivity contribution in [3.63, 3.8) is 0 Å². The Labute approximate surface area is 199 Å². The molecule has 34 heavy (non-hydrogen) atoms. The fourth-order valence-electron chi connectivity index (χ4n) is 4.06. The van der Waals surface area contributed by atoms with Gasteiger partial charge in [0.05, 0.1) is 10.1 Å². The van der Waals surface area contributed by atoms with Crippen LogP contribution in [0.25, 0.3) is 0 Å². The summed E-state index contributed by atoms with van der Waals surface area (Å²) in [6.45, 7) is 8.20. The van der Waals surface area contributed by atoms with Gasteiger partial charge in [-0.2, -0.15) is 0 Å². The largest absolute Gasteiger partial charge is 0.321 e. The molecule has 5 nitrogen and oxygen atoms in total. The molecule has 0 saturated carbocycles. The average molecular weight is 497 g/mol. The second kappa shape index (κ2) is 10.5. The number of amides is 1. The van der Waals surface area contributed by atoms with Crippen LogP contribution in [0.4, 0.5) is 18.9 Å². The van der Waals surface area contributed by atoms with E-state index in [4.69, 9.17) is 0 Å². The molecule has 0 unspecified atom stereocenters. The molecule has 1 heterocycles. The van der Waals surface area contributed by atoms with Crippen LogP contribution in [0.3, 0.4) is 0 Å². The number of piperidine rings is 1. The molecule has 2 aromatic carbocycles. The summed E-state index contributed by atoms with van der Waals surface area (Å²) in [6.07, 6.45) is 0.938. The number of likely N-dealkylation sites (tertiary alicyclic amines) is 1. The molecule has 1 fully saturated rings. The Morgan fingerprint density at radius 2 is 1.62 bits per heavy atom. The number of hydrogen-bond donors (Lipinski definition) is 1. The van der Waals surface area contributed by atoms with Gasteiger partial charge in [0.2, 0.25) is 5.91 Å². The van der Waals surface area contributed by atoms with Crippen LogP contribution < -0.4 is 5.32 Å². The number of nitrogens with one attached hydrogen (secondary N) is 1. The number of nitrogens with zero attached hydrogens (tertiary/aromatic N) is 1. The summed E-state index contributed by atoms with van der Waals surface area (Å²) in [4.78, 5) is 14.3. The number of rotatable bonds is 7. The van der Waals surface area contributed by atoms with Gasteiger partial charge in [-0.15, -0.1) is 0 Å². The van der Waals surface area contributed by atoms with E-state index >= 15 is 4.39 Å². The first-order chi connectivity index (χ1) is 15.9. The molecule has 2 aromatic rings. The lowest BCUT2D eigenvalue weighted by Gasteiger charge is -2.32. The van der Waals surface area contributed by atoms with Crippen LogP contribution in [-0.2, 0) is 21.2 Å². The zero-order chi connectivity index (χ0) is 25.2. The highest BCUT2D eigenvalue weighted by Gasteiger charge is 2.29. The number of carbonyl (C=O) groups excluding carboxylic acids is 1. The fraction of sp³-hybridized carbons (Fsp3) is 0.480. The zero-order valence-corrected chi connectivity index (χ0v) is 20.7. The summed E-state index contributed by atoms with van der Waals surface area (Å²) in [5, 5.41) is 1.74. The van der Waals surface area contributed by atoms with E-state index in [1.165, 1.54) is 0 Å². The van der Waals surface area contributed by atoms with Gasteiger partial charge in [0.25, 0.3) is 0 Å². The summed E-state index contributed by atoms with van der Waals surface area (Å²) in [5.41, 5.74) is 0.149. The molecule has 0 atom stereocenters. The molecule has 0 radical (unpaired) electrons. The van der Waals surface area contributed by atoms with Crippen molar-refractivity contribution in [2.24, 2.45) is 5.92 Å². The van der Waals surface area contributed by atoms with Crippen molar-refractivity contribution in [3.05, 3.63) is 58.9 Å². The van der Waals surface area contributed by atoms with Crippen LogP contribution in [0, 0.1) is 23.4 Å². The molecule has 9 heteroatoms. The summed E-state index contributed by atoms with van der Waals surface area (Å²) < 4.78 is 68.4. The van der Waals surface area contributed by atoms with Gasteiger partial charge in [0, 0.05) is 24.1 Å². The Morgan fingerprint density at radius 3 is 2.15 bits per heavy atom. The second-order valence-corrected chi connectivity index (χ2v) is 11.9. The highest BCUT2D eigenvalue weighted by atomic mass is 32.2. The first-order valence-electron chi connectivity index (χ1n) is 11.4. The molecule has 1 aliphatic rings. The minimum absolute atomic E-state index is 0.191. The molecular formula is C25H31F3N2O3S. The molecule has 0 aromatic heterocycles. The van der Waals surface area contributed by atoms with Crippen LogP contribution in [0.15, 0.2) is 35.2 Å². The SMILES string of the molecule is CC(C)C(=O)Nc1c(F)cc(F)c(C2CCN(Cc3ccc(S(=O)(=O)C(C)C)cc3)CC2)c1F. The lowest BCUT2D eigenvalue weighted by atomic mass is 9.88. The Kier molecular flexibility index (Phi) is 8.08. The zero-order valence-electron chi connectivity index (χ0n) is 19.9. The number of benzene rings is 2. The standard InChI is InChI=1S/C25H31F3N2O3S/c1-15(2)25(31)29-24-21(27)13-20(26)22(23(24)28)18-9-11-30(12-10-18)14-17-5-7-19(8-6-17)34(32,33)16(3)4/h5-8,13,15-16,18H,9-12,14H2,1-4H3,(H,29,31). The van der Waals surface area contributed by atoms with Crippen LogP contribution in [-0.4, -0.2) is 37.6 Å². The molecule has 1 N–H and O–H groups in total. The van der Waals surface area contributed by atoms with Crippen molar-refractivity contribution in [2.45, 2.75) is 63.1 Å². The fourth-order valence-corrected chi connectivity index (χ4v) is 5.12. The predicted molar refractivity (Wildman–Crippen MR) is 126 cm³/mol. The number of halogens is 3. The van der Waals surface area contributed by atoms with Gasteiger partial charge < -0.3 is 5.32 Å². The van der Waals surface area contributed by atoms with Crippen molar-refractivity contribution >= 4 is 21.4 Å². The summed E-state index contributed by atoms with van der Waals surface area (Å²) in [7, 11) is -3.33. The third-order valence-electron chi connectivity index (χ3n) is 6.25. The Bertz CT molecular complexity index is 1140. The number of hydrogen-bond acceptors (Lipinski definition) is 4. The van der Waals surface area contributed by atoms with Gasteiger partial charge in [-0.1, -0.05) is 26.0 Å². The van der Waals surface area contributed by atoms with Gasteiger partial charge in [0.15, 0.2) is 21.5 Å². The van der Waals surface area contributed by atoms with Gasteiger partial charge >= 0.3 is 0 Å². The monoisotopic (exact) mass is 496 g/mol. The number of sulfone groups is 1. The van der Waals surface area contributed by atoms with Gasteiger partial charge in [-0.25, -0.2) is 21.6 Å². The summed E-state index contributed by atoms with van der Waals surface area (Å²) in [5.74, 6) is -4.59. The lowest BCUT2D eigenvalue weighted by molar-refractivity contribution is -0.118. The summed E-state index contributed by atoms with van der Waals surface area (Å²) in [6, 6.07) is 7.41. The first kappa shape index (κ1) is 26.2. The van der Waals surface area contributed by atoms with Crippen molar-refractivity contribution in [1.29, 1.82) is 0 Å². The van der Waals surface area contributed by atoms with Crippen LogP contribution in [0.5, 0.6) is 0 Å². The number of carbonyl (C=O) groups is 1. The quantitative estimate of drug-likeness (QED) is 0.568. The molecule has 186 valence electrons. The Hall–Kier alpha value is -2.39. The molecule has 1 amide bonds. The molecule has 3 rings (SSSR count). The highest BCUT2D eigenvalue weighted by Crippen LogP contribution is 2.36. The van der Waals surface area contributed by atoms with E-state index in [0.29, 0.717) is 38.5 Å². The Balaban J connectivity index is 1.69. The van der Waals surface area contributed by atoms with Crippen molar-refractivity contribution in [1.82, 2.24) is 4.90 Å². The van der Waals surface area contributed by atoms with Gasteiger partial charge in [0.1, 0.15) is 11.5 Å². The van der Waals surface area contributed by atoms with E-state index in [0.717, 1.165) is 5.56 Å². The van der Waals surface area contributed by atoms with Gasteiger partial charge in [-0.3, -0.25) is 9.69 Å². The summed E-state index contributed by atoms with van der Waals surface area (Å²) >= 11 is 0. The highest BCUT2D eigenvalue weighted by molar-refractivity contribution is 7.92. The maximum absolute atomic E-state index is 15.1. The van der Waals surface area contributed by atoms with Gasteiger partial charge in [-0.05, 0) is 63.4 Å². The van der Waals surface area contributed by atoms with E-state index in [1.807, 2.05) is 0 Å². The molecule has 0 bridgehead atoms. The number of anilines is 1. The van der Waals surface area contributed by atoms with E-state index in [1.54, 1.807) is 52.0 Å². The topological polar surface area (TPSA) is 66.5 Å².